The fourth-order valence-electron chi connectivity index (χ4n) is 2.37. The Balaban J connectivity index is 2.14. The van der Waals surface area contributed by atoms with Crippen LogP contribution in [0.3, 0.4) is 0 Å². The molecular formula is C14H20N2O2. The summed E-state index contributed by atoms with van der Waals surface area (Å²) in [5.74, 6) is 0.252. The zero-order valence-electron chi connectivity index (χ0n) is 10.7. The molecule has 0 saturated carbocycles. The monoisotopic (exact) mass is 248 g/mol. The van der Waals surface area contributed by atoms with Crippen LogP contribution in [0.15, 0.2) is 24.3 Å². The van der Waals surface area contributed by atoms with Gasteiger partial charge in [0.05, 0.1) is 0 Å². The number of nitrogens with one attached hydrogen (secondary N) is 1. The molecule has 2 N–H and O–H groups in total. The standard InChI is InChI=1S/C14H20N2O2/c1-2-9-16(12-7-8-15-10-12)14(18)11-3-5-13(17)6-4-11/h3-6,12,15,17H,2,7-10H2,1H3. The van der Waals surface area contributed by atoms with Gasteiger partial charge in [-0.05, 0) is 43.7 Å². The van der Waals surface area contributed by atoms with Gasteiger partial charge < -0.3 is 15.3 Å². The molecule has 0 radical (unpaired) electrons. The van der Waals surface area contributed by atoms with Gasteiger partial charge in [-0.15, -0.1) is 0 Å². The molecule has 1 amide bonds. The first kappa shape index (κ1) is 12.9. The van der Waals surface area contributed by atoms with E-state index >= 15 is 0 Å². The van der Waals surface area contributed by atoms with E-state index in [0.29, 0.717) is 11.6 Å². The van der Waals surface area contributed by atoms with Crippen molar-refractivity contribution in [3.63, 3.8) is 0 Å². The van der Waals surface area contributed by atoms with Crippen molar-refractivity contribution < 1.29 is 9.90 Å². The van der Waals surface area contributed by atoms with Crippen molar-refractivity contribution in [2.24, 2.45) is 0 Å². The Morgan fingerprint density at radius 2 is 2.17 bits per heavy atom. The lowest BCUT2D eigenvalue weighted by atomic mass is 10.1. The molecule has 1 aromatic rings. The van der Waals surface area contributed by atoms with Gasteiger partial charge in [-0.1, -0.05) is 6.92 Å². The average Bonchev–Trinajstić information content (AvgIpc) is 2.90. The van der Waals surface area contributed by atoms with Crippen LogP contribution in [0, 0.1) is 0 Å². The van der Waals surface area contributed by atoms with Gasteiger partial charge in [0.1, 0.15) is 5.75 Å². The maximum absolute atomic E-state index is 12.4. The predicted molar refractivity (Wildman–Crippen MR) is 70.7 cm³/mol. The molecule has 0 aliphatic carbocycles. The smallest absolute Gasteiger partial charge is 0.254 e. The second-order valence-corrected chi connectivity index (χ2v) is 4.69. The summed E-state index contributed by atoms with van der Waals surface area (Å²) in [6, 6.07) is 6.78. The molecule has 0 spiro atoms. The molecule has 1 aliphatic rings. The van der Waals surface area contributed by atoms with E-state index in [1.54, 1.807) is 24.3 Å². The van der Waals surface area contributed by atoms with Gasteiger partial charge in [-0.3, -0.25) is 4.79 Å². The highest BCUT2D eigenvalue weighted by molar-refractivity contribution is 5.94. The van der Waals surface area contributed by atoms with E-state index in [1.807, 2.05) is 4.90 Å². The molecule has 1 unspecified atom stereocenters. The van der Waals surface area contributed by atoms with Gasteiger partial charge in [0.15, 0.2) is 0 Å². The van der Waals surface area contributed by atoms with Crippen LogP contribution in [0.4, 0.5) is 0 Å². The van der Waals surface area contributed by atoms with E-state index in [-0.39, 0.29) is 11.7 Å². The molecule has 18 heavy (non-hydrogen) atoms. The third-order valence-corrected chi connectivity index (χ3v) is 3.31. The first-order chi connectivity index (χ1) is 8.72. The lowest BCUT2D eigenvalue weighted by Crippen LogP contribution is -2.42. The topological polar surface area (TPSA) is 52.6 Å². The fraction of sp³-hybridized carbons (Fsp3) is 0.500. The Kier molecular flexibility index (Phi) is 4.20. The zero-order valence-corrected chi connectivity index (χ0v) is 10.7. The maximum Gasteiger partial charge on any atom is 0.254 e. The van der Waals surface area contributed by atoms with Gasteiger partial charge >= 0.3 is 0 Å². The van der Waals surface area contributed by atoms with E-state index in [1.165, 1.54) is 0 Å². The van der Waals surface area contributed by atoms with Gasteiger partial charge in [0, 0.05) is 24.7 Å². The Hall–Kier alpha value is -1.55. The van der Waals surface area contributed by atoms with Crippen LogP contribution in [0.1, 0.15) is 30.1 Å². The number of hydrogen-bond donors (Lipinski definition) is 2. The van der Waals surface area contributed by atoms with E-state index in [4.69, 9.17) is 0 Å². The van der Waals surface area contributed by atoms with Crippen molar-refractivity contribution >= 4 is 5.91 Å². The Bertz CT molecular complexity index is 397. The van der Waals surface area contributed by atoms with Gasteiger partial charge in [-0.2, -0.15) is 0 Å². The average molecular weight is 248 g/mol. The summed E-state index contributed by atoms with van der Waals surface area (Å²) in [6.45, 7) is 4.73. The van der Waals surface area contributed by atoms with Crippen LogP contribution in [0.2, 0.25) is 0 Å². The maximum atomic E-state index is 12.4. The van der Waals surface area contributed by atoms with Crippen molar-refractivity contribution in [3.05, 3.63) is 29.8 Å². The highest BCUT2D eigenvalue weighted by Crippen LogP contribution is 2.16. The van der Waals surface area contributed by atoms with E-state index in [2.05, 4.69) is 12.2 Å². The van der Waals surface area contributed by atoms with Crippen LogP contribution in [-0.4, -0.2) is 41.6 Å². The number of phenolic OH excluding ortho intramolecular Hbond substituents is 1. The van der Waals surface area contributed by atoms with E-state index < -0.39 is 0 Å². The number of carbonyl (C=O) groups is 1. The number of carbonyl (C=O) groups excluding carboxylic acids is 1. The first-order valence-corrected chi connectivity index (χ1v) is 6.53. The molecule has 0 aromatic heterocycles. The number of phenols is 1. The number of nitrogens with zero attached hydrogens (tertiary/aromatic N) is 1. The molecule has 1 aliphatic heterocycles. The highest BCUT2D eigenvalue weighted by atomic mass is 16.3. The summed E-state index contributed by atoms with van der Waals surface area (Å²) in [5.41, 5.74) is 0.646. The molecular weight excluding hydrogens is 228 g/mol. The minimum Gasteiger partial charge on any atom is -0.508 e. The first-order valence-electron chi connectivity index (χ1n) is 6.53. The molecule has 1 fully saturated rings. The van der Waals surface area contributed by atoms with Crippen LogP contribution in [0.5, 0.6) is 5.75 Å². The second-order valence-electron chi connectivity index (χ2n) is 4.69. The van der Waals surface area contributed by atoms with Crippen molar-refractivity contribution in [2.75, 3.05) is 19.6 Å². The fourth-order valence-corrected chi connectivity index (χ4v) is 2.37. The predicted octanol–water partition coefficient (Wildman–Crippen LogP) is 1.61. The summed E-state index contributed by atoms with van der Waals surface area (Å²) in [6.07, 6.45) is 1.98. The largest absolute Gasteiger partial charge is 0.508 e. The quantitative estimate of drug-likeness (QED) is 0.851. The summed E-state index contributed by atoms with van der Waals surface area (Å²) < 4.78 is 0. The second kappa shape index (κ2) is 5.87. The Morgan fingerprint density at radius 3 is 2.72 bits per heavy atom. The minimum atomic E-state index is 0.0607. The molecule has 1 saturated heterocycles. The van der Waals surface area contributed by atoms with Crippen molar-refractivity contribution in [1.82, 2.24) is 10.2 Å². The van der Waals surface area contributed by atoms with Gasteiger partial charge in [0.2, 0.25) is 0 Å². The summed E-state index contributed by atoms with van der Waals surface area (Å²) in [5, 5.41) is 12.5. The van der Waals surface area contributed by atoms with Crippen molar-refractivity contribution in [3.8, 4) is 5.75 Å². The summed E-state index contributed by atoms with van der Waals surface area (Å²) in [7, 11) is 0. The number of rotatable bonds is 4. The molecule has 4 nitrogen and oxygen atoms in total. The zero-order chi connectivity index (χ0) is 13.0. The third kappa shape index (κ3) is 2.82. The lowest BCUT2D eigenvalue weighted by molar-refractivity contribution is 0.0692. The molecule has 1 aromatic carbocycles. The molecule has 4 heteroatoms. The highest BCUT2D eigenvalue weighted by Gasteiger charge is 2.26. The molecule has 0 bridgehead atoms. The number of amides is 1. The Labute approximate surface area is 108 Å². The van der Waals surface area contributed by atoms with Gasteiger partial charge in [-0.25, -0.2) is 0 Å². The van der Waals surface area contributed by atoms with Crippen molar-refractivity contribution in [2.45, 2.75) is 25.8 Å². The normalized spacial score (nSPS) is 18.8. The summed E-state index contributed by atoms with van der Waals surface area (Å²) >= 11 is 0. The Morgan fingerprint density at radius 1 is 1.44 bits per heavy atom. The van der Waals surface area contributed by atoms with Crippen LogP contribution in [-0.2, 0) is 0 Å². The SMILES string of the molecule is CCCN(C(=O)c1ccc(O)cc1)C1CCNC1. The summed E-state index contributed by atoms with van der Waals surface area (Å²) in [4.78, 5) is 14.4. The molecule has 1 heterocycles. The third-order valence-electron chi connectivity index (χ3n) is 3.31. The molecule has 2 rings (SSSR count). The number of aromatic hydroxyl groups is 1. The number of benzene rings is 1. The van der Waals surface area contributed by atoms with Crippen molar-refractivity contribution in [1.29, 1.82) is 0 Å². The lowest BCUT2D eigenvalue weighted by Gasteiger charge is -2.28. The van der Waals surface area contributed by atoms with Crippen LogP contribution >= 0.6 is 0 Å². The molecule has 1 atom stereocenters. The van der Waals surface area contributed by atoms with E-state index in [0.717, 1.165) is 32.5 Å². The molecule has 98 valence electrons. The van der Waals surface area contributed by atoms with Crippen LogP contribution in [0.25, 0.3) is 0 Å². The van der Waals surface area contributed by atoms with E-state index in [9.17, 15) is 9.90 Å². The number of hydrogen-bond acceptors (Lipinski definition) is 3. The minimum absolute atomic E-state index is 0.0607. The van der Waals surface area contributed by atoms with Gasteiger partial charge in [0.25, 0.3) is 5.91 Å². The van der Waals surface area contributed by atoms with Crippen LogP contribution < -0.4 is 5.32 Å².